The monoisotopic (exact) mass is 466 g/mol. The molecule has 2 aliphatic heterocycles. The summed E-state index contributed by atoms with van der Waals surface area (Å²) < 4.78 is 0. The highest BCUT2D eigenvalue weighted by Crippen LogP contribution is 2.36. The van der Waals surface area contributed by atoms with E-state index in [0.717, 1.165) is 58.5 Å². The average Bonchev–Trinajstić information content (AvgIpc) is 3.38. The van der Waals surface area contributed by atoms with Crippen LogP contribution in [0.2, 0.25) is 0 Å². The van der Waals surface area contributed by atoms with Gasteiger partial charge in [-0.05, 0) is 48.8 Å². The molecule has 1 aliphatic carbocycles. The number of amides is 2. The molecule has 5 rings (SSSR count). The van der Waals surface area contributed by atoms with Gasteiger partial charge in [0.1, 0.15) is 6.04 Å². The zero-order valence-corrected chi connectivity index (χ0v) is 20.2. The van der Waals surface area contributed by atoms with Gasteiger partial charge in [0.25, 0.3) is 0 Å². The summed E-state index contributed by atoms with van der Waals surface area (Å²) in [6, 6.07) is 12.7. The van der Waals surface area contributed by atoms with Crippen molar-refractivity contribution in [3.8, 4) is 0 Å². The van der Waals surface area contributed by atoms with Crippen LogP contribution in [-0.4, -0.2) is 71.3 Å². The smallest absolute Gasteiger partial charge is 0.245 e. The minimum Gasteiger partial charge on any atom is -0.338 e. The third-order valence-corrected chi connectivity index (χ3v) is 8.15. The molecule has 33 heavy (non-hydrogen) atoms. The Bertz CT molecular complexity index is 968. The number of carbonyl (C=O) groups excluding carboxylic acids is 2. The predicted octanol–water partition coefficient (Wildman–Crippen LogP) is 2.87. The SMILES string of the molecule is Cc1ccccc1CN(Cc1cccs1)C1CC(C(=O)N2CCNCC2)N(C(=O)C2CC2)C1. The second-order valence-corrected chi connectivity index (χ2v) is 10.7. The van der Waals surface area contributed by atoms with Gasteiger partial charge in [0.05, 0.1) is 0 Å². The van der Waals surface area contributed by atoms with Gasteiger partial charge in [-0.15, -0.1) is 11.3 Å². The van der Waals surface area contributed by atoms with Gasteiger partial charge in [0, 0.05) is 62.7 Å². The lowest BCUT2D eigenvalue weighted by Crippen LogP contribution is -2.53. The Morgan fingerprint density at radius 3 is 2.55 bits per heavy atom. The summed E-state index contributed by atoms with van der Waals surface area (Å²) in [7, 11) is 0. The van der Waals surface area contributed by atoms with Crippen LogP contribution in [0.1, 0.15) is 35.3 Å². The second-order valence-electron chi connectivity index (χ2n) is 9.66. The zero-order chi connectivity index (χ0) is 22.8. The highest BCUT2D eigenvalue weighted by atomic mass is 32.1. The molecule has 2 saturated heterocycles. The fourth-order valence-corrected chi connectivity index (χ4v) is 5.87. The average molecular weight is 467 g/mol. The highest BCUT2D eigenvalue weighted by molar-refractivity contribution is 7.09. The maximum atomic E-state index is 13.5. The summed E-state index contributed by atoms with van der Waals surface area (Å²) in [6.07, 6.45) is 2.66. The van der Waals surface area contributed by atoms with E-state index in [1.54, 1.807) is 11.3 Å². The molecule has 3 aliphatic rings. The maximum absolute atomic E-state index is 13.5. The molecule has 3 fully saturated rings. The van der Waals surface area contributed by atoms with E-state index in [9.17, 15) is 9.59 Å². The number of thiophene rings is 1. The molecular weight excluding hydrogens is 432 g/mol. The Kier molecular flexibility index (Phi) is 6.81. The molecule has 1 N–H and O–H groups in total. The van der Waals surface area contributed by atoms with Crippen LogP contribution in [-0.2, 0) is 22.7 Å². The Balaban J connectivity index is 1.39. The van der Waals surface area contributed by atoms with E-state index in [2.05, 4.69) is 58.9 Å². The molecule has 1 aromatic carbocycles. The number of likely N-dealkylation sites (tertiary alicyclic amines) is 1. The first-order chi connectivity index (χ1) is 16.1. The molecule has 3 heterocycles. The zero-order valence-electron chi connectivity index (χ0n) is 19.4. The van der Waals surface area contributed by atoms with E-state index >= 15 is 0 Å². The molecule has 176 valence electrons. The van der Waals surface area contributed by atoms with Gasteiger partial charge in [0.2, 0.25) is 11.8 Å². The topological polar surface area (TPSA) is 55.9 Å². The van der Waals surface area contributed by atoms with Crippen molar-refractivity contribution in [1.82, 2.24) is 20.0 Å². The van der Waals surface area contributed by atoms with Crippen molar-refractivity contribution in [2.45, 2.75) is 51.4 Å². The van der Waals surface area contributed by atoms with Gasteiger partial charge >= 0.3 is 0 Å². The van der Waals surface area contributed by atoms with Crippen LogP contribution in [0, 0.1) is 12.8 Å². The molecule has 0 spiro atoms. The van der Waals surface area contributed by atoms with Crippen molar-refractivity contribution in [3.05, 3.63) is 57.8 Å². The van der Waals surface area contributed by atoms with E-state index in [4.69, 9.17) is 0 Å². The molecule has 0 bridgehead atoms. The minimum absolute atomic E-state index is 0.129. The van der Waals surface area contributed by atoms with Crippen molar-refractivity contribution in [2.75, 3.05) is 32.7 Å². The van der Waals surface area contributed by atoms with Crippen LogP contribution in [0.5, 0.6) is 0 Å². The summed E-state index contributed by atoms with van der Waals surface area (Å²) in [5, 5.41) is 5.45. The van der Waals surface area contributed by atoms with Gasteiger partial charge in [-0.1, -0.05) is 30.3 Å². The minimum atomic E-state index is -0.330. The first-order valence-corrected chi connectivity index (χ1v) is 13.1. The van der Waals surface area contributed by atoms with E-state index in [1.165, 1.54) is 16.0 Å². The predicted molar refractivity (Wildman–Crippen MR) is 131 cm³/mol. The molecular formula is C26H34N4O2S. The summed E-state index contributed by atoms with van der Waals surface area (Å²) in [6.45, 7) is 7.60. The normalized spacial score (nSPS) is 23.3. The molecule has 7 heteroatoms. The third kappa shape index (κ3) is 5.15. The Morgan fingerprint density at radius 2 is 1.85 bits per heavy atom. The number of rotatable bonds is 7. The van der Waals surface area contributed by atoms with Crippen LogP contribution in [0.15, 0.2) is 41.8 Å². The Morgan fingerprint density at radius 1 is 1.06 bits per heavy atom. The summed E-state index contributed by atoms with van der Waals surface area (Å²) in [5.74, 6) is 0.460. The van der Waals surface area contributed by atoms with Gasteiger partial charge in [-0.2, -0.15) is 0 Å². The molecule has 1 aromatic heterocycles. The largest absolute Gasteiger partial charge is 0.338 e. The number of nitrogens with zero attached hydrogens (tertiary/aromatic N) is 3. The van der Waals surface area contributed by atoms with Gasteiger partial charge in [0.15, 0.2) is 0 Å². The first kappa shape index (κ1) is 22.6. The van der Waals surface area contributed by atoms with Gasteiger partial charge in [-0.3, -0.25) is 14.5 Å². The molecule has 2 amide bonds. The second kappa shape index (κ2) is 9.95. The number of carbonyl (C=O) groups is 2. The van der Waals surface area contributed by atoms with Crippen LogP contribution in [0.25, 0.3) is 0 Å². The first-order valence-electron chi connectivity index (χ1n) is 12.2. The van der Waals surface area contributed by atoms with E-state index < -0.39 is 0 Å². The van der Waals surface area contributed by atoms with Crippen molar-refractivity contribution < 1.29 is 9.59 Å². The standard InChI is InChI=1S/C26H34N4O2S/c1-19-5-2-3-6-21(19)16-29(18-23-7-4-14-33-23)22-15-24(26(32)28-12-10-27-11-13-28)30(17-22)25(31)20-8-9-20/h2-7,14,20,22,24,27H,8-13,15-18H2,1H3. The lowest BCUT2D eigenvalue weighted by molar-refractivity contribution is -0.144. The molecule has 0 radical (unpaired) electrons. The number of piperazine rings is 1. The fraction of sp³-hybridized carbons (Fsp3) is 0.538. The number of nitrogens with one attached hydrogen (secondary N) is 1. The fourth-order valence-electron chi connectivity index (χ4n) is 5.14. The molecule has 1 saturated carbocycles. The number of hydrogen-bond acceptors (Lipinski definition) is 5. The summed E-state index contributed by atoms with van der Waals surface area (Å²) in [5.41, 5.74) is 2.59. The van der Waals surface area contributed by atoms with Crippen molar-refractivity contribution >= 4 is 23.2 Å². The number of aryl methyl sites for hydroxylation is 1. The van der Waals surface area contributed by atoms with Crippen LogP contribution >= 0.6 is 11.3 Å². The lowest BCUT2D eigenvalue weighted by Gasteiger charge is -2.32. The van der Waals surface area contributed by atoms with Crippen molar-refractivity contribution in [3.63, 3.8) is 0 Å². The van der Waals surface area contributed by atoms with Crippen molar-refractivity contribution in [1.29, 1.82) is 0 Å². The molecule has 6 nitrogen and oxygen atoms in total. The Labute approximate surface area is 200 Å². The van der Waals surface area contributed by atoms with Crippen molar-refractivity contribution in [2.24, 2.45) is 5.92 Å². The number of benzene rings is 1. The summed E-state index contributed by atoms with van der Waals surface area (Å²) >= 11 is 1.77. The van der Waals surface area contributed by atoms with Crippen LogP contribution < -0.4 is 5.32 Å². The maximum Gasteiger partial charge on any atom is 0.245 e. The van der Waals surface area contributed by atoms with E-state index in [1.807, 2.05) is 9.80 Å². The lowest BCUT2D eigenvalue weighted by atomic mass is 10.1. The molecule has 2 unspecified atom stereocenters. The van der Waals surface area contributed by atoms with Gasteiger partial charge < -0.3 is 15.1 Å². The van der Waals surface area contributed by atoms with Crippen LogP contribution in [0.4, 0.5) is 0 Å². The number of hydrogen-bond donors (Lipinski definition) is 1. The Hall–Kier alpha value is -2.22. The molecule has 2 atom stereocenters. The summed E-state index contributed by atoms with van der Waals surface area (Å²) in [4.78, 5) is 34.5. The highest BCUT2D eigenvalue weighted by Gasteiger charge is 2.46. The van der Waals surface area contributed by atoms with E-state index in [-0.39, 0.29) is 29.8 Å². The third-order valence-electron chi connectivity index (χ3n) is 7.29. The molecule has 2 aromatic rings. The quantitative estimate of drug-likeness (QED) is 0.682. The van der Waals surface area contributed by atoms with Crippen LogP contribution in [0.3, 0.4) is 0 Å². The van der Waals surface area contributed by atoms with Gasteiger partial charge in [-0.25, -0.2) is 0 Å². The van der Waals surface area contributed by atoms with E-state index in [0.29, 0.717) is 6.54 Å².